The van der Waals surface area contributed by atoms with Crippen molar-refractivity contribution in [3.05, 3.63) is 46.5 Å². The molecule has 0 aliphatic heterocycles. The standard InChI is InChI=1S/C15H19N3O2/c1-5-20-15(19)14-16-13(18(4)17-14)9-12-8-10(2)6-7-11(12)3/h6-8H,5,9H2,1-4H3. The van der Waals surface area contributed by atoms with Crippen molar-refractivity contribution in [3.63, 3.8) is 0 Å². The molecular formula is C15H19N3O2. The van der Waals surface area contributed by atoms with Crippen LogP contribution in [0.3, 0.4) is 0 Å². The Kier molecular flexibility index (Phi) is 4.17. The molecule has 5 nitrogen and oxygen atoms in total. The molecule has 0 N–H and O–H groups in total. The van der Waals surface area contributed by atoms with Gasteiger partial charge in [-0.3, -0.25) is 4.68 Å². The predicted octanol–water partition coefficient (Wildman–Crippen LogP) is 2.20. The van der Waals surface area contributed by atoms with Crippen LogP contribution >= 0.6 is 0 Å². The molecule has 106 valence electrons. The molecule has 0 unspecified atom stereocenters. The van der Waals surface area contributed by atoms with Crippen molar-refractivity contribution in [2.75, 3.05) is 6.61 Å². The number of hydrogen-bond acceptors (Lipinski definition) is 4. The molecule has 0 spiro atoms. The van der Waals surface area contributed by atoms with E-state index in [4.69, 9.17) is 4.74 Å². The highest BCUT2D eigenvalue weighted by molar-refractivity contribution is 5.84. The SMILES string of the molecule is CCOC(=O)c1nc(Cc2cc(C)ccc2C)n(C)n1. The fraction of sp³-hybridized carbons (Fsp3) is 0.400. The molecule has 2 aromatic rings. The van der Waals surface area contributed by atoms with Crippen LogP contribution in [0.5, 0.6) is 0 Å². The summed E-state index contributed by atoms with van der Waals surface area (Å²) >= 11 is 0. The summed E-state index contributed by atoms with van der Waals surface area (Å²) in [5.74, 6) is 0.395. The van der Waals surface area contributed by atoms with Gasteiger partial charge in [0.1, 0.15) is 5.82 Å². The van der Waals surface area contributed by atoms with Gasteiger partial charge in [0.05, 0.1) is 6.61 Å². The third-order valence-electron chi connectivity index (χ3n) is 3.16. The average molecular weight is 273 g/mol. The van der Waals surface area contributed by atoms with E-state index in [1.54, 1.807) is 18.7 Å². The van der Waals surface area contributed by atoms with Crippen molar-refractivity contribution >= 4 is 5.97 Å². The van der Waals surface area contributed by atoms with Crippen LogP contribution in [0.4, 0.5) is 0 Å². The zero-order valence-corrected chi connectivity index (χ0v) is 12.3. The van der Waals surface area contributed by atoms with Gasteiger partial charge in [-0.05, 0) is 31.9 Å². The van der Waals surface area contributed by atoms with E-state index in [9.17, 15) is 4.79 Å². The minimum absolute atomic E-state index is 0.120. The van der Waals surface area contributed by atoms with Crippen molar-refractivity contribution in [1.82, 2.24) is 14.8 Å². The number of benzene rings is 1. The van der Waals surface area contributed by atoms with Gasteiger partial charge in [0.25, 0.3) is 5.82 Å². The molecule has 5 heteroatoms. The highest BCUT2D eigenvalue weighted by Crippen LogP contribution is 2.14. The number of aryl methyl sites for hydroxylation is 3. The topological polar surface area (TPSA) is 57.0 Å². The number of nitrogens with zero attached hydrogens (tertiary/aromatic N) is 3. The molecule has 0 radical (unpaired) electrons. The average Bonchev–Trinajstić information content (AvgIpc) is 2.76. The van der Waals surface area contributed by atoms with Gasteiger partial charge in [0.15, 0.2) is 0 Å². The number of ether oxygens (including phenoxy) is 1. The van der Waals surface area contributed by atoms with Crippen LogP contribution in [0, 0.1) is 13.8 Å². The molecule has 0 atom stereocenters. The second-order valence-corrected chi connectivity index (χ2v) is 4.80. The van der Waals surface area contributed by atoms with Crippen molar-refractivity contribution in [3.8, 4) is 0 Å². The number of carbonyl (C=O) groups is 1. The number of hydrogen-bond donors (Lipinski definition) is 0. The van der Waals surface area contributed by atoms with Crippen LogP contribution in [-0.2, 0) is 18.2 Å². The first kappa shape index (κ1) is 14.2. The van der Waals surface area contributed by atoms with Gasteiger partial charge < -0.3 is 4.74 Å². The minimum atomic E-state index is -0.477. The molecule has 1 heterocycles. The lowest BCUT2D eigenvalue weighted by Gasteiger charge is -2.06. The Morgan fingerprint density at radius 3 is 2.80 bits per heavy atom. The summed E-state index contributed by atoms with van der Waals surface area (Å²) in [4.78, 5) is 15.9. The Morgan fingerprint density at radius 2 is 2.10 bits per heavy atom. The van der Waals surface area contributed by atoms with E-state index < -0.39 is 5.97 Å². The highest BCUT2D eigenvalue weighted by atomic mass is 16.5. The van der Waals surface area contributed by atoms with Crippen LogP contribution in [0.15, 0.2) is 18.2 Å². The van der Waals surface area contributed by atoms with Crippen LogP contribution in [0.25, 0.3) is 0 Å². The van der Waals surface area contributed by atoms with Gasteiger partial charge in [-0.2, -0.15) is 0 Å². The maximum Gasteiger partial charge on any atom is 0.378 e. The summed E-state index contributed by atoms with van der Waals surface area (Å²) in [5, 5.41) is 4.11. The maximum absolute atomic E-state index is 11.6. The smallest absolute Gasteiger partial charge is 0.378 e. The third kappa shape index (κ3) is 3.04. The zero-order chi connectivity index (χ0) is 14.7. The van der Waals surface area contributed by atoms with Crippen LogP contribution < -0.4 is 0 Å². The van der Waals surface area contributed by atoms with Crippen LogP contribution in [0.2, 0.25) is 0 Å². The van der Waals surface area contributed by atoms with E-state index in [1.165, 1.54) is 16.7 Å². The first-order valence-electron chi connectivity index (χ1n) is 6.64. The van der Waals surface area contributed by atoms with E-state index in [2.05, 4.69) is 42.1 Å². The Labute approximate surface area is 118 Å². The molecular weight excluding hydrogens is 254 g/mol. The summed E-state index contributed by atoms with van der Waals surface area (Å²) < 4.78 is 6.55. The van der Waals surface area contributed by atoms with Gasteiger partial charge in [-0.25, -0.2) is 9.78 Å². The molecule has 0 bridgehead atoms. The van der Waals surface area contributed by atoms with Gasteiger partial charge in [0, 0.05) is 13.5 Å². The fourth-order valence-corrected chi connectivity index (χ4v) is 2.01. The molecule has 2 rings (SSSR count). The van der Waals surface area contributed by atoms with Crippen molar-refractivity contribution in [2.24, 2.45) is 7.05 Å². The van der Waals surface area contributed by atoms with E-state index in [0.29, 0.717) is 13.0 Å². The summed E-state index contributed by atoms with van der Waals surface area (Å²) in [6.45, 7) is 6.21. The molecule has 0 fully saturated rings. The second-order valence-electron chi connectivity index (χ2n) is 4.80. The molecule has 1 aromatic heterocycles. The monoisotopic (exact) mass is 273 g/mol. The predicted molar refractivity (Wildman–Crippen MR) is 75.7 cm³/mol. The van der Waals surface area contributed by atoms with Crippen LogP contribution in [0.1, 0.15) is 40.1 Å². The summed E-state index contributed by atoms with van der Waals surface area (Å²) in [6.07, 6.45) is 0.649. The van der Waals surface area contributed by atoms with Gasteiger partial charge in [-0.1, -0.05) is 23.8 Å². The van der Waals surface area contributed by atoms with E-state index >= 15 is 0 Å². The second kappa shape index (κ2) is 5.86. The van der Waals surface area contributed by atoms with Crippen molar-refractivity contribution in [2.45, 2.75) is 27.2 Å². The van der Waals surface area contributed by atoms with Crippen LogP contribution in [-0.4, -0.2) is 27.3 Å². The number of esters is 1. The minimum Gasteiger partial charge on any atom is -0.460 e. The van der Waals surface area contributed by atoms with E-state index in [1.807, 2.05) is 0 Å². The largest absolute Gasteiger partial charge is 0.460 e. The molecule has 0 saturated carbocycles. The fourth-order valence-electron chi connectivity index (χ4n) is 2.01. The van der Waals surface area contributed by atoms with Gasteiger partial charge >= 0.3 is 5.97 Å². The van der Waals surface area contributed by atoms with Crippen molar-refractivity contribution in [1.29, 1.82) is 0 Å². The molecule has 0 aliphatic carbocycles. The number of aromatic nitrogens is 3. The molecule has 20 heavy (non-hydrogen) atoms. The Morgan fingerprint density at radius 1 is 1.35 bits per heavy atom. The number of carbonyl (C=O) groups excluding carboxylic acids is 1. The highest BCUT2D eigenvalue weighted by Gasteiger charge is 2.16. The normalized spacial score (nSPS) is 10.6. The van der Waals surface area contributed by atoms with Crippen molar-refractivity contribution < 1.29 is 9.53 Å². The summed E-state index contributed by atoms with van der Waals surface area (Å²) in [6, 6.07) is 6.31. The first-order valence-corrected chi connectivity index (χ1v) is 6.64. The van der Waals surface area contributed by atoms with E-state index in [0.717, 1.165) is 5.82 Å². The number of rotatable bonds is 4. The third-order valence-corrected chi connectivity index (χ3v) is 3.16. The van der Waals surface area contributed by atoms with Gasteiger partial charge in [0.2, 0.25) is 0 Å². The Hall–Kier alpha value is -2.17. The summed E-state index contributed by atoms with van der Waals surface area (Å²) in [5.41, 5.74) is 3.60. The Balaban J connectivity index is 2.25. The first-order chi connectivity index (χ1) is 9.51. The van der Waals surface area contributed by atoms with E-state index in [-0.39, 0.29) is 5.82 Å². The Bertz CT molecular complexity index is 632. The lowest BCUT2D eigenvalue weighted by atomic mass is 10.0. The maximum atomic E-state index is 11.6. The summed E-state index contributed by atoms with van der Waals surface area (Å²) in [7, 11) is 1.79. The lowest BCUT2D eigenvalue weighted by Crippen LogP contribution is -2.07. The molecule has 1 aromatic carbocycles. The van der Waals surface area contributed by atoms with Gasteiger partial charge in [-0.15, -0.1) is 5.10 Å². The zero-order valence-electron chi connectivity index (χ0n) is 12.3. The quantitative estimate of drug-likeness (QED) is 0.801. The molecule has 0 aliphatic rings. The lowest BCUT2D eigenvalue weighted by molar-refractivity contribution is 0.0512. The molecule has 0 amide bonds. The molecule has 0 saturated heterocycles.